The minimum absolute atomic E-state index is 0.142. The highest BCUT2D eigenvalue weighted by Gasteiger charge is 2.43. The Hall–Kier alpha value is -1.59. The van der Waals surface area contributed by atoms with E-state index < -0.39 is 11.8 Å². The summed E-state index contributed by atoms with van der Waals surface area (Å²) in [5.74, 6) is -1.55. The average molecular weight is 294 g/mol. The van der Waals surface area contributed by atoms with Crippen LogP contribution in [-0.4, -0.2) is 36.2 Å². The van der Waals surface area contributed by atoms with Crippen molar-refractivity contribution in [2.75, 3.05) is 13.2 Å². The maximum absolute atomic E-state index is 11.1. The summed E-state index contributed by atoms with van der Waals surface area (Å²) < 4.78 is 16.5. The number of hydrogen-bond acceptors (Lipinski definition) is 4. The lowest BCUT2D eigenvalue weighted by atomic mass is 9.97. The van der Waals surface area contributed by atoms with E-state index in [1.807, 2.05) is 37.3 Å². The van der Waals surface area contributed by atoms with Gasteiger partial charge < -0.3 is 19.3 Å². The van der Waals surface area contributed by atoms with Crippen molar-refractivity contribution in [1.82, 2.24) is 0 Å². The molecule has 1 aliphatic heterocycles. The quantitative estimate of drug-likeness (QED) is 0.817. The van der Waals surface area contributed by atoms with Crippen molar-refractivity contribution in [2.24, 2.45) is 5.92 Å². The van der Waals surface area contributed by atoms with Crippen LogP contribution in [0, 0.1) is 5.92 Å². The molecule has 1 N–H and O–H groups in total. The number of carboxylic acids is 1. The standard InChI is InChI=1S/C16H22O5/c1-12-13(11-20-16(2,21-12)15(17)18)7-6-10-19-14-8-4-3-5-9-14/h3-5,8-9,12-13H,6-7,10-11H2,1-2H3,(H,17,18). The Labute approximate surface area is 124 Å². The van der Waals surface area contributed by atoms with Crippen molar-refractivity contribution in [3.05, 3.63) is 30.3 Å². The van der Waals surface area contributed by atoms with Gasteiger partial charge in [-0.1, -0.05) is 18.2 Å². The zero-order valence-electron chi connectivity index (χ0n) is 12.5. The minimum atomic E-state index is -1.52. The number of rotatable bonds is 6. The molecule has 0 saturated carbocycles. The van der Waals surface area contributed by atoms with Gasteiger partial charge in [-0.05, 0) is 31.9 Å². The second-order valence-corrected chi connectivity index (χ2v) is 5.45. The monoisotopic (exact) mass is 294 g/mol. The summed E-state index contributed by atoms with van der Waals surface area (Å²) in [7, 11) is 0. The van der Waals surface area contributed by atoms with Crippen LogP contribution < -0.4 is 4.74 Å². The summed E-state index contributed by atoms with van der Waals surface area (Å²) >= 11 is 0. The van der Waals surface area contributed by atoms with Gasteiger partial charge in [-0.3, -0.25) is 0 Å². The van der Waals surface area contributed by atoms with Crippen LogP contribution in [0.1, 0.15) is 26.7 Å². The number of carbonyl (C=O) groups is 1. The van der Waals surface area contributed by atoms with Crippen LogP contribution in [0.2, 0.25) is 0 Å². The first-order valence-electron chi connectivity index (χ1n) is 7.24. The highest BCUT2D eigenvalue weighted by Crippen LogP contribution is 2.29. The summed E-state index contributed by atoms with van der Waals surface area (Å²) in [6.07, 6.45) is 1.61. The molecule has 0 bridgehead atoms. The molecule has 5 heteroatoms. The number of ether oxygens (including phenoxy) is 3. The molecule has 0 amide bonds. The first kappa shape index (κ1) is 15.8. The predicted octanol–water partition coefficient (Wildman–Crippen LogP) is 2.70. The third kappa shape index (κ3) is 4.19. The van der Waals surface area contributed by atoms with Gasteiger partial charge in [-0.25, -0.2) is 4.79 Å². The topological polar surface area (TPSA) is 65.0 Å². The summed E-state index contributed by atoms with van der Waals surface area (Å²) in [6, 6.07) is 9.67. The first-order chi connectivity index (χ1) is 10.0. The smallest absolute Gasteiger partial charge is 0.364 e. The molecular formula is C16H22O5. The van der Waals surface area contributed by atoms with Gasteiger partial charge in [-0.15, -0.1) is 0 Å². The molecule has 3 unspecified atom stereocenters. The Bertz CT molecular complexity index is 461. The van der Waals surface area contributed by atoms with Gasteiger partial charge in [0.05, 0.1) is 19.3 Å². The van der Waals surface area contributed by atoms with E-state index in [9.17, 15) is 4.79 Å². The zero-order valence-corrected chi connectivity index (χ0v) is 12.5. The van der Waals surface area contributed by atoms with Crippen LogP contribution in [0.5, 0.6) is 5.75 Å². The predicted molar refractivity (Wildman–Crippen MR) is 77.2 cm³/mol. The molecule has 5 nitrogen and oxygen atoms in total. The second kappa shape index (κ2) is 6.91. The largest absolute Gasteiger partial charge is 0.494 e. The van der Waals surface area contributed by atoms with Crippen LogP contribution in [0.15, 0.2) is 30.3 Å². The van der Waals surface area contributed by atoms with Crippen molar-refractivity contribution in [3.8, 4) is 5.75 Å². The van der Waals surface area contributed by atoms with E-state index in [4.69, 9.17) is 19.3 Å². The van der Waals surface area contributed by atoms with Crippen LogP contribution >= 0.6 is 0 Å². The van der Waals surface area contributed by atoms with Gasteiger partial charge in [0.2, 0.25) is 0 Å². The van der Waals surface area contributed by atoms with Crippen molar-refractivity contribution in [3.63, 3.8) is 0 Å². The number of benzene rings is 1. The van der Waals surface area contributed by atoms with Crippen molar-refractivity contribution >= 4 is 5.97 Å². The molecule has 21 heavy (non-hydrogen) atoms. The molecule has 2 rings (SSSR count). The second-order valence-electron chi connectivity index (χ2n) is 5.45. The molecule has 0 aromatic heterocycles. The van der Waals surface area contributed by atoms with Crippen LogP contribution in [0.3, 0.4) is 0 Å². The maximum Gasteiger partial charge on any atom is 0.364 e. The van der Waals surface area contributed by atoms with E-state index >= 15 is 0 Å². The lowest BCUT2D eigenvalue weighted by Gasteiger charge is -2.39. The van der Waals surface area contributed by atoms with E-state index in [-0.39, 0.29) is 12.0 Å². The molecule has 1 aliphatic rings. The van der Waals surface area contributed by atoms with E-state index in [2.05, 4.69) is 0 Å². The average Bonchev–Trinajstić information content (AvgIpc) is 2.46. The van der Waals surface area contributed by atoms with Gasteiger partial charge in [0.1, 0.15) is 5.75 Å². The van der Waals surface area contributed by atoms with Gasteiger partial charge in [-0.2, -0.15) is 0 Å². The molecule has 1 saturated heterocycles. The lowest BCUT2D eigenvalue weighted by molar-refractivity contribution is -0.292. The molecule has 1 aromatic carbocycles. The number of para-hydroxylation sites is 1. The summed E-state index contributed by atoms with van der Waals surface area (Å²) in [5.41, 5.74) is 0. The maximum atomic E-state index is 11.1. The molecule has 1 heterocycles. The SMILES string of the molecule is CC1OC(C)(C(=O)O)OCC1CCCOc1ccccc1. The summed E-state index contributed by atoms with van der Waals surface area (Å²) in [6.45, 7) is 4.37. The van der Waals surface area contributed by atoms with Crippen molar-refractivity contribution < 1.29 is 24.1 Å². The van der Waals surface area contributed by atoms with Gasteiger partial charge in [0, 0.05) is 12.8 Å². The van der Waals surface area contributed by atoms with Crippen molar-refractivity contribution in [2.45, 2.75) is 38.6 Å². The molecule has 0 radical (unpaired) electrons. The van der Waals surface area contributed by atoms with Crippen LogP contribution in [0.4, 0.5) is 0 Å². The van der Waals surface area contributed by atoms with E-state index in [0.29, 0.717) is 13.2 Å². The zero-order chi connectivity index (χ0) is 15.3. The van der Waals surface area contributed by atoms with Gasteiger partial charge in [0.25, 0.3) is 5.79 Å². The van der Waals surface area contributed by atoms with E-state index in [1.165, 1.54) is 6.92 Å². The fraction of sp³-hybridized carbons (Fsp3) is 0.562. The highest BCUT2D eigenvalue weighted by atomic mass is 16.7. The third-order valence-corrected chi connectivity index (χ3v) is 3.77. The highest BCUT2D eigenvalue weighted by molar-refractivity contribution is 5.75. The fourth-order valence-electron chi connectivity index (χ4n) is 2.37. The van der Waals surface area contributed by atoms with Crippen LogP contribution in [-0.2, 0) is 14.3 Å². The molecule has 3 atom stereocenters. The number of aliphatic carboxylic acids is 1. The third-order valence-electron chi connectivity index (χ3n) is 3.77. The molecule has 116 valence electrons. The van der Waals surface area contributed by atoms with Gasteiger partial charge in [0.15, 0.2) is 0 Å². The first-order valence-corrected chi connectivity index (χ1v) is 7.24. The Morgan fingerprint density at radius 2 is 2.14 bits per heavy atom. The number of hydrogen-bond donors (Lipinski definition) is 1. The molecule has 0 aliphatic carbocycles. The summed E-state index contributed by atoms with van der Waals surface area (Å²) in [4.78, 5) is 11.1. The van der Waals surface area contributed by atoms with Gasteiger partial charge >= 0.3 is 5.97 Å². The normalized spacial score (nSPS) is 29.0. The fourth-order valence-corrected chi connectivity index (χ4v) is 2.37. The summed E-state index contributed by atoms with van der Waals surface area (Å²) in [5, 5.41) is 9.07. The molecule has 0 spiro atoms. The van der Waals surface area contributed by atoms with E-state index in [1.54, 1.807) is 0 Å². The number of carboxylic acid groups (broad SMARTS) is 1. The Morgan fingerprint density at radius 3 is 2.76 bits per heavy atom. The lowest BCUT2D eigenvalue weighted by Crippen LogP contribution is -2.51. The van der Waals surface area contributed by atoms with Crippen LogP contribution in [0.25, 0.3) is 0 Å². The van der Waals surface area contributed by atoms with E-state index in [0.717, 1.165) is 18.6 Å². The Kier molecular flexibility index (Phi) is 5.20. The molecular weight excluding hydrogens is 272 g/mol. The Balaban J connectivity index is 1.71. The molecule has 1 aromatic rings. The van der Waals surface area contributed by atoms with Crippen molar-refractivity contribution in [1.29, 1.82) is 0 Å². The minimum Gasteiger partial charge on any atom is -0.494 e. The molecule has 1 fully saturated rings. The Morgan fingerprint density at radius 1 is 1.43 bits per heavy atom.